The number of nitrogens with zero attached hydrogens (tertiary/aromatic N) is 3. The Morgan fingerprint density at radius 1 is 1.13 bits per heavy atom. The molecule has 2 atom stereocenters. The highest BCUT2D eigenvalue weighted by Gasteiger charge is 2.40. The molecule has 1 aromatic heterocycles. The van der Waals surface area contributed by atoms with Crippen molar-refractivity contribution in [2.24, 2.45) is 10.9 Å². The summed E-state index contributed by atoms with van der Waals surface area (Å²) in [5.41, 5.74) is 3.51. The number of esters is 1. The second-order valence-corrected chi connectivity index (χ2v) is 7.82. The number of methoxy groups -OCH3 is 1. The summed E-state index contributed by atoms with van der Waals surface area (Å²) in [6, 6.07) is 16.2. The van der Waals surface area contributed by atoms with Gasteiger partial charge in [-0.1, -0.05) is 46.3 Å². The molecule has 0 fully saturated rings. The topological polar surface area (TPSA) is 85.6 Å². The van der Waals surface area contributed by atoms with Crippen molar-refractivity contribution in [3.05, 3.63) is 70.8 Å². The first-order chi connectivity index (χ1) is 14.5. The van der Waals surface area contributed by atoms with E-state index in [0.717, 1.165) is 15.7 Å². The van der Waals surface area contributed by atoms with Crippen molar-refractivity contribution in [1.82, 2.24) is 15.1 Å². The Bertz CT molecular complexity index is 1120. The monoisotopic (exact) mass is 466 g/mol. The average molecular weight is 467 g/mol. The summed E-state index contributed by atoms with van der Waals surface area (Å²) in [5.74, 6) is -1.20. The summed E-state index contributed by atoms with van der Waals surface area (Å²) in [5, 5.41) is 7.61. The van der Waals surface area contributed by atoms with Gasteiger partial charge in [0.2, 0.25) is 0 Å². The minimum absolute atomic E-state index is 0.407. The molecule has 1 aliphatic heterocycles. The van der Waals surface area contributed by atoms with Gasteiger partial charge < -0.3 is 10.1 Å². The highest BCUT2D eigenvalue weighted by atomic mass is 79.9. The molecule has 0 spiro atoms. The smallest absolute Gasteiger partial charge is 0.341 e. The Labute approximate surface area is 181 Å². The minimum atomic E-state index is -0.740. The number of rotatable bonds is 4. The third kappa shape index (κ3) is 3.78. The van der Waals surface area contributed by atoms with Crippen molar-refractivity contribution in [2.75, 3.05) is 7.11 Å². The van der Waals surface area contributed by atoms with Crippen LogP contribution in [0.2, 0.25) is 0 Å². The van der Waals surface area contributed by atoms with Crippen LogP contribution in [-0.2, 0) is 9.53 Å². The predicted molar refractivity (Wildman–Crippen MR) is 117 cm³/mol. The summed E-state index contributed by atoms with van der Waals surface area (Å²) in [6.07, 6.45) is 1.84. The fraction of sp³-hybridized carbons (Fsp3) is 0.182. The van der Waals surface area contributed by atoms with Gasteiger partial charge in [0.15, 0.2) is 0 Å². The van der Waals surface area contributed by atoms with E-state index in [2.05, 4.69) is 26.2 Å². The van der Waals surface area contributed by atoms with Gasteiger partial charge in [-0.15, -0.1) is 0 Å². The molecule has 7 nitrogen and oxygen atoms in total. The summed E-state index contributed by atoms with van der Waals surface area (Å²) in [7, 11) is 1.33. The second kappa shape index (κ2) is 8.23. The molecule has 152 valence electrons. The van der Waals surface area contributed by atoms with E-state index < -0.39 is 24.0 Å². The van der Waals surface area contributed by atoms with Gasteiger partial charge in [0, 0.05) is 27.5 Å². The van der Waals surface area contributed by atoms with E-state index in [1.165, 1.54) is 7.11 Å². The number of amides is 2. The number of hydrogen-bond donors (Lipinski definition) is 1. The van der Waals surface area contributed by atoms with Crippen LogP contribution in [0.1, 0.15) is 18.5 Å². The molecule has 3 aromatic rings. The van der Waals surface area contributed by atoms with Crippen LogP contribution < -0.4 is 5.32 Å². The van der Waals surface area contributed by atoms with Crippen LogP contribution in [0.25, 0.3) is 16.9 Å². The van der Waals surface area contributed by atoms with Gasteiger partial charge in [-0.05, 0) is 31.2 Å². The quantitative estimate of drug-likeness (QED) is 0.580. The van der Waals surface area contributed by atoms with Gasteiger partial charge in [-0.3, -0.25) is 4.79 Å². The normalized spacial score (nSPS) is 18.5. The van der Waals surface area contributed by atoms with E-state index in [9.17, 15) is 9.59 Å². The highest BCUT2D eigenvalue weighted by Crippen LogP contribution is 2.35. The number of halogens is 1. The molecule has 0 aliphatic carbocycles. The number of carbonyl (C=O) groups excluding carboxylic acids is 2. The maximum atomic E-state index is 12.5. The van der Waals surface area contributed by atoms with Gasteiger partial charge in [0.05, 0.1) is 24.5 Å². The number of benzene rings is 2. The maximum absolute atomic E-state index is 12.5. The molecule has 8 heteroatoms. The molecule has 0 saturated carbocycles. The van der Waals surface area contributed by atoms with Crippen molar-refractivity contribution in [1.29, 1.82) is 0 Å². The van der Waals surface area contributed by atoms with Gasteiger partial charge in [0.25, 0.3) is 0 Å². The molecule has 0 saturated heterocycles. The van der Waals surface area contributed by atoms with Crippen LogP contribution >= 0.6 is 15.9 Å². The Hall–Kier alpha value is -3.26. The Balaban J connectivity index is 1.89. The predicted octanol–water partition coefficient (Wildman–Crippen LogP) is 4.32. The van der Waals surface area contributed by atoms with E-state index in [-0.39, 0.29) is 0 Å². The third-order valence-corrected chi connectivity index (χ3v) is 5.54. The summed E-state index contributed by atoms with van der Waals surface area (Å²) >= 11 is 3.45. The summed E-state index contributed by atoms with van der Waals surface area (Å²) < 4.78 is 7.68. The molecule has 1 N–H and O–H groups in total. The summed E-state index contributed by atoms with van der Waals surface area (Å²) in [4.78, 5) is 28.7. The fourth-order valence-electron chi connectivity index (χ4n) is 3.57. The van der Waals surface area contributed by atoms with Crippen molar-refractivity contribution in [2.45, 2.75) is 13.0 Å². The van der Waals surface area contributed by atoms with Gasteiger partial charge in [-0.25, -0.2) is 14.5 Å². The van der Waals surface area contributed by atoms with Gasteiger partial charge in [0.1, 0.15) is 5.92 Å². The number of aliphatic imine (C=N–C) groups is 1. The van der Waals surface area contributed by atoms with Gasteiger partial charge in [-0.2, -0.15) is 5.10 Å². The molecule has 0 bridgehead atoms. The van der Waals surface area contributed by atoms with Crippen molar-refractivity contribution in [3.8, 4) is 16.9 Å². The molecular formula is C22H19BrN4O3. The second-order valence-electron chi connectivity index (χ2n) is 6.90. The minimum Gasteiger partial charge on any atom is -0.468 e. The average Bonchev–Trinajstić information content (AvgIpc) is 3.19. The number of ether oxygens (including phenoxy) is 1. The standard InChI is InChI=1S/C22H19BrN4O3/c1-13-18(21(28)30-2)20(25-22(29)24-13)17-12-27(16-6-4-3-5-7-16)26-19(17)14-8-10-15(23)11-9-14/h3-12,18,20H,1-2H3,(H,25,29). The zero-order valence-corrected chi connectivity index (χ0v) is 18.0. The molecule has 2 heterocycles. The number of carbonyl (C=O) groups is 2. The van der Waals surface area contributed by atoms with Crippen LogP contribution in [-0.4, -0.2) is 34.6 Å². The maximum Gasteiger partial charge on any atom is 0.341 e. The molecule has 2 amide bonds. The first-order valence-corrected chi connectivity index (χ1v) is 10.1. The summed E-state index contributed by atoms with van der Waals surface area (Å²) in [6.45, 7) is 1.66. The largest absolute Gasteiger partial charge is 0.468 e. The van der Waals surface area contributed by atoms with E-state index >= 15 is 0 Å². The lowest BCUT2D eigenvalue weighted by molar-refractivity contribution is -0.143. The molecular weight excluding hydrogens is 448 g/mol. The first-order valence-electron chi connectivity index (χ1n) is 9.32. The Morgan fingerprint density at radius 3 is 2.50 bits per heavy atom. The van der Waals surface area contributed by atoms with E-state index in [1.54, 1.807) is 11.6 Å². The number of urea groups is 1. The molecule has 2 aromatic carbocycles. The first kappa shape index (κ1) is 20.0. The molecule has 4 rings (SSSR count). The molecule has 1 aliphatic rings. The van der Waals surface area contributed by atoms with Crippen molar-refractivity contribution >= 4 is 33.6 Å². The number of para-hydroxylation sites is 1. The number of aromatic nitrogens is 2. The van der Waals surface area contributed by atoms with Crippen LogP contribution in [0.4, 0.5) is 4.79 Å². The van der Waals surface area contributed by atoms with Crippen LogP contribution in [0, 0.1) is 5.92 Å². The van der Waals surface area contributed by atoms with Crippen molar-refractivity contribution in [3.63, 3.8) is 0 Å². The Kier molecular flexibility index (Phi) is 5.50. The number of hydrogen-bond acceptors (Lipinski definition) is 4. The number of nitrogens with one attached hydrogen (secondary N) is 1. The van der Waals surface area contributed by atoms with E-state index in [0.29, 0.717) is 17.0 Å². The Morgan fingerprint density at radius 2 is 1.83 bits per heavy atom. The van der Waals surface area contributed by atoms with Crippen LogP contribution in [0.5, 0.6) is 0 Å². The lowest BCUT2D eigenvalue weighted by Gasteiger charge is -2.29. The molecule has 30 heavy (non-hydrogen) atoms. The van der Waals surface area contributed by atoms with Crippen molar-refractivity contribution < 1.29 is 14.3 Å². The van der Waals surface area contributed by atoms with Crippen LogP contribution in [0.15, 0.2) is 70.3 Å². The van der Waals surface area contributed by atoms with Crippen LogP contribution in [0.3, 0.4) is 0 Å². The zero-order valence-electron chi connectivity index (χ0n) is 16.4. The lowest BCUT2D eigenvalue weighted by Crippen LogP contribution is -2.44. The molecule has 2 unspecified atom stereocenters. The lowest BCUT2D eigenvalue weighted by atomic mass is 9.87. The molecule has 0 radical (unpaired) electrons. The van der Waals surface area contributed by atoms with Gasteiger partial charge >= 0.3 is 12.0 Å². The van der Waals surface area contributed by atoms with E-state index in [4.69, 9.17) is 9.84 Å². The fourth-order valence-corrected chi connectivity index (χ4v) is 3.83. The SMILES string of the molecule is COC(=O)C1C(C)=NC(=O)NC1c1cn(-c2ccccc2)nc1-c1ccc(Br)cc1. The third-order valence-electron chi connectivity index (χ3n) is 5.01. The zero-order chi connectivity index (χ0) is 21.3. The highest BCUT2D eigenvalue weighted by molar-refractivity contribution is 9.10. The van der Waals surface area contributed by atoms with E-state index in [1.807, 2.05) is 60.8 Å².